The fraction of sp³-hybridized carbons (Fsp3) is 0.304. The van der Waals surface area contributed by atoms with Gasteiger partial charge in [-0.15, -0.1) is 0 Å². The number of rotatable bonds is 7. The SMILES string of the molecule is CC(C)N=C1S/C(=C/c2ccc(OCc3ccccc3)c([N+](=O)[O-])c2)C(=O)N1C(C)C. The van der Waals surface area contributed by atoms with Crippen LogP contribution in [0, 0.1) is 10.1 Å². The highest BCUT2D eigenvalue weighted by Crippen LogP contribution is 2.36. The number of aliphatic imine (C=N–C) groups is 1. The normalized spacial score (nSPS) is 16.7. The Labute approximate surface area is 186 Å². The lowest BCUT2D eigenvalue weighted by molar-refractivity contribution is -0.386. The maximum absolute atomic E-state index is 12.9. The van der Waals surface area contributed by atoms with E-state index in [1.165, 1.54) is 17.8 Å². The predicted octanol–water partition coefficient (Wildman–Crippen LogP) is 5.26. The van der Waals surface area contributed by atoms with Crippen molar-refractivity contribution in [2.75, 3.05) is 0 Å². The lowest BCUT2D eigenvalue weighted by atomic mass is 10.1. The molecule has 0 aromatic heterocycles. The van der Waals surface area contributed by atoms with Crippen molar-refractivity contribution in [3.63, 3.8) is 0 Å². The van der Waals surface area contributed by atoms with Gasteiger partial charge in [-0.2, -0.15) is 0 Å². The van der Waals surface area contributed by atoms with E-state index in [0.29, 0.717) is 15.6 Å². The van der Waals surface area contributed by atoms with E-state index in [1.54, 1.807) is 23.1 Å². The standard InChI is InChI=1S/C23H25N3O4S/c1-15(2)24-23-25(16(3)4)22(27)21(31-23)13-18-10-11-20(19(12-18)26(28)29)30-14-17-8-6-5-7-9-17/h5-13,15-16H,14H2,1-4H3/b21-13+,24-23?. The van der Waals surface area contributed by atoms with E-state index >= 15 is 0 Å². The van der Waals surface area contributed by atoms with Crippen molar-refractivity contribution in [2.45, 2.75) is 46.4 Å². The summed E-state index contributed by atoms with van der Waals surface area (Å²) in [6, 6.07) is 14.2. The fourth-order valence-corrected chi connectivity index (χ4v) is 4.26. The van der Waals surface area contributed by atoms with Gasteiger partial charge in [-0.05, 0) is 62.7 Å². The van der Waals surface area contributed by atoms with Crippen LogP contribution in [-0.2, 0) is 11.4 Å². The minimum absolute atomic E-state index is 0.0356. The molecule has 1 aliphatic rings. The lowest BCUT2D eigenvalue weighted by Gasteiger charge is -2.20. The predicted molar refractivity (Wildman–Crippen MR) is 124 cm³/mol. The smallest absolute Gasteiger partial charge is 0.311 e. The van der Waals surface area contributed by atoms with Crippen LogP contribution in [-0.4, -0.2) is 33.0 Å². The number of amides is 1. The summed E-state index contributed by atoms with van der Waals surface area (Å²) in [6.07, 6.45) is 1.67. The second-order valence-corrected chi connectivity index (χ2v) is 8.65. The molecule has 1 aliphatic heterocycles. The molecule has 0 bridgehead atoms. The fourth-order valence-electron chi connectivity index (χ4n) is 3.03. The second kappa shape index (κ2) is 9.78. The van der Waals surface area contributed by atoms with Crippen LogP contribution in [0.4, 0.5) is 5.69 Å². The monoisotopic (exact) mass is 439 g/mol. The first-order valence-electron chi connectivity index (χ1n) is 10.0. The van der Waals surface area contributed by atoms with Crippen molar-refractivity contribution >= 4 is 34.6 Å². The number of benzene rings is 2. The molecule has 162 valence electrons. The van der Waals surface area contributed by atoms with Crippen LogP contribution in [0.25, 0.3) is 6.08 Å². The molecule has 0 radical (unpaired) electrons. The van der Waals surface area contributed by atoms with Gasteiger partial charge in [-0.25, -0.2) is 0 Å². The van der Waals surface area contributed by atoms with Crippen LogP contribution >= 0.6 is 11.8 Å². The number of amidine groups is 1. The molecule has 2 aromatic rings. The van der Waals surface area contributed by atoms with E-state index < -0.39 is 4.92 Å². The maximum Gasteiger partial charge on any atom is 0.311 e. The summed E-state index contributed by atoms with van der Waals surface area (Å²) in [5.41, 5.74) is 1.34. The first-order chi connectivity index (χ1) is 14.8. The Hall–Kier alpha value is -3.13. The minimum Gasteiger partial charge on any atom is -0.482 e. The third-order valence-electron chi connectivity index (χ3n) is 4.44. The Morgan fingerprint density at radius 1 is 1.16 bits per heavy atom. The largest absolute Gasteiger partial charge is 0.482 e. The lowest BCUT2D eigenvalue weighted by Crippen LogP contribution is -2.35. The van der Waals surface area contributed by atoms with Crippen molar-refractivity contribution in [2.24, 2.45) is 4.99 Å². The van der Waals surface area contributed by atoms with Gasteiger partial charge in [-0.3, -0.25) is 24.8 Å². The molecule has 0 unspecified atom stereocenters. The molecule has 1 saturated heterocycles. The van der Waals surface area contributed by atoms with Crippen molar-refractivity contribution in [1.29, 1.82) is 0 Å². The number of carbonyl (C=O) groups is 1. The maximum atomic E-state index is 12.9. The quantitative estimate of drug-likeness (QED) is 0.334. The van der Waals surface area contributed by atoms with E-state index in [9.17, 15) is 14.9 Å². The van der Waals surface area contributed by atoms with Crippen LogP contribution in [0.15, 0.2) is 58.4 Å². The Morgan fingerprint density at radius 3 is 2.48 bits per heavy atom. The highest BCUT2D eigenvalue weighted by atomic mass is 32.2. The Bertz CT molecular complexity index is 1030. The molecular weight excluding hydrogens is 414 g/mol. The zero-order valence-electron chi connectivity index (χ0n) is 17.9. The van der Waals surface area contributed by atoms with Gasteiger partial charge in [-0.1, -0.05) is 36.4 Å². The van der Waals surface area contributed by atoms with Crippen molar-refractivity contribution in [1.82, 2.24) is 4.90 Å². The van der Waals surface area contributed by atoms with E-state index in [4.69, 9.17) is 4.74 Å². The molecule has 0 N–H and O–H groups in total. The molecule has 1 heterocycles. The van der Waals surface area contributed by atoms with Gasteiger partial charge in [0.05, 0.1) is 9.83 Å². The summed E-state index contributed by atoms with van der Waals surface area (Å²) in [5, 5.41) is 12.3. The van der Waals surface area contributed by atoms with Gasteiger partial charge in [0.25, 0.3) is 5.91 Å². The molecule has 7 nitrogen and oxygen atoms in total. The molecule has 2 aromatic carbocycles. The minimum atomic E-state index is -0.474. The molecule has 0 atom stereocenters. The van der Waals surface area contributed by atoms with Crippen LogP contribution in [0.3, 0.4) is 0 Å². The van der Waals surface area contributed by atoms with Crippen molar-refractivity contribution in [3.8, 4) is 5.75 Å². The molecule has 0 spiro atoms. The Kier molecular flexibility index (Phi) is 7.12. The number of nitro benzene ring substituents is 1. The Morgan fingerprint density at radius 2 is 1.87 bits per heavy atom. The number of carbonyl (C=O) groups excluding carboxylic acids is 1. The zero-order valence-corrected chi connectivity index (χ0v) is 18.8. The van der Waals surface area contributed by atoms with Gasteiger partial charge in [0.2, 0.25) is 0 Å². The van der Waals surface area contributed by atoms with E-state index in [-0.39, 0.29) is 36.0 Å². The van der Waals surface area contributed by atoms with Gasteiger partial charge in [0, 0.05) is 18.2 Å². The molecule has 3 rings (SSSR count). The second-order valence-electron chi connectivity index (χ2n) is 7.64. The van der Waals surface area contributed by atoms with Crippen LogP contribution < -0.4 is 4.74 Å². The summed E-state index contributed by atoms with van der Waals surface area (Å²) in [7, 11) is 0. The molecule has 31 heavy (non-hydrogen) atoms. The molecule has 8 heteroatoms. The summed E-state index contributed by atoms with van der Waals surface area (Å²) in [4.78, 5) is 30.7. The zero-order chi connectivity index (χ0) is 22.5. The molecule has 0 aliphatic carbocycles. The van der Waals surface area contributed by atoms with Crippen LogP contribution in [0.1, 0.15) is 38.8 Å². The highest BCUT2D eigenvalue weighted by Gasteiger charge is 2.35. The third-order valence-corrected chi connectivity index (χ3v) is 5.43. The van der Waals surface area contributed by atoms with Crippen molar-refractivity contribution in [3.05, 3.63) is 74.7 Å². The summed E-state index contributed by atoms with van der Waals surface area (Å²) >= 11 is 1.29. The van der Waals surface area contributed by atoms with Gasteiger partial charge < -0.3 is 4.74 Å². The number of thioether (sulfide) groups is 1. The number of hydrogen-bond acceptors (Lipinski definition) is 6. The average Bonchev–Trinajstić information content (AvgIpc) is 3.01. The third kappa shape index (κ3) is 5.52. The summed E-state index contributed by atoms with van der Waals surface area (Å²) < 4.78 is 5.68. The van der Waals surface area contributed by atoms with Gasteiger partial charge >= 0.3 is 5.69 Å². The Balaban J connectivity index is 1.87. The number of nitro groups is 1. The highest BCUT2D eigenvalue weighted by molar-refractivity contribution is 8.18. The molecule has 1 fully saturated rings. The summed E-state index contributed by atoms with van der Waals surface area (Å²) in [5.74, 6) is 0.0405. The average molecular weight is 440 g/mol. The summed E-state index contributed by atoms with van der Waals surface area (Å²) in [6.45, 7) is 8.00. The van der Waals surface area contributed by atoms with E-state index in [0.717, 1.165) is 5.56 Å². The van der Waals surface area contributed by atoms with E-state index in [1.807, 2.05) is 58.0 Å². The molecule has 1 amide bonds. The first kappa shape index (κ1) is 22.6. The molecule has 0 saturated carbocycles. The number of nitrogens with zero attached hydrogens (tertiary/aromatic N) is 3. The van der Waals surface area contributed by atoms with Crippen LogP contribution in [0.2, 0.25) is 0 Å². The van der Waals surface area contributed by atoms with E-state index in [2.05, 4.69) is 4.99 Å². The van der Waals surface area contributed by atoms with Crippen molar-refractivity contribution < 1.29 is 14.5 Å². The van der Waals surface area contributed by atoms with Gasteiger partial charge in [0.15, 0.2) is 10.9 Å². The molecular formula is C23H25N3O4S. The number of hydrogen-bond donors (Lipinski definition) is 0. The first-order valence-corrected chi connectivity index (χ1v) is 10.8. The topological polar surface area (TPSA) is 85.0 Å². The van der Waals surface area contributed by atoms with Crippen LogP contribution in [0.5, 0.6) is 5.75 Å². The number of ether oxygens (including phenoxy) is 1. The van der Waals surface area contributed by atoms with Gasteiger partial charge in [0.1, 0.15) is 6.61 Å².